The van der Waals surface area contributed by atoms with Crippen molar-refractivity contribution in [1.29, 1.82) is 0 Å². The van der Waals surface area contributed by atoms with Crippen molar-refractivity contribution in [1.82, 2.24) is 9.80 Å². The summed E-state index contributed by atoms with van der Waals surface area (Å²) in [7, 11) is 0. The third-order valence-corrected chi connectivity index (χ3v) is 5.86. The number of fused-ring (bicyclic) bond motifs is 1. The number of piperidine rings is 2. The Balaban J connectivity index is 1.57. The quantitative estimate of drug-likeness (QED) is 0.783. The lowest BCUT2D eigenvalue weighted by Crippen LogP contribution is -2.57. The molecule has 3 aliphatic rings. The van der Waals surface area contributed by atoms with Gasteiger partial charge in [-0.25, -0.2) is 0 Å². The van der Waals surface area contributed by atoms with Crippen LogP contribution in [0.4, 0.5) is 0 Å². The summed E-state index contributed by atoms with van der Waals surface area (Å²) in [4.78, 5) is 29.0. The Morgan fingerprint density at radius 2 is 2.12 bits per heavy atom. The molecule has 0 aromatic rings. The number of carbonyl (C=O) groups is 2. The van der Waals surface area contributed by atoms with Crippen LogP contribution in [0.5, 0.6) is 0 Å². The van der Waals surface area contributed by atoms with Crippen LogP contribution in [0.2, 0.25) is 0 Å². The van der Waals surface area contributed by atoms with Gasteiger partial charge < -0.3 is 15.5 Å². The second-order valence-electron chi connectivity index (χ2n) is 7.51. The molecule has 2 saturated heterocycles. The van der Waals surface area contributed by atoms with Gasteiger partial charge in [0.25, 0.3) is 0 Å². The smallest absolute Gasteiger partial charge is 0.226 e. The van der Waals surface area contributed by atoms with Crippen LogP contribution in [0.15, 0.2) is 11.6 Å². The normalized spacial score (nSPS) is 27.7. The van der Waals surface area contributed by atoms with Crippen molar-refractivity contribution in [2.75, 3.05) is 26.2 Å². The Labute approximate surface area is 145 Å². The standard InChI is InChI=1S/C19H31N3O2/c20-10-4-11-22-17-9-12-21(14-16(17)7-8-18(22)23)19(24)13-15-5-2-1-3-6-15/h5,16-17H,1-4,6-14,20H2/t16-,17+/m0/s1. The fraction of sp³-hybridized carbons (Fsp3) is 0.789. The molecule has 2 N–H and O–H groups in total. The van der Waals surface area contributed by atoms with Crippen molar-refractivity contribution in [3.63, 3.8) is 0 Å². The van der Waals surface area contributed by atoms with E-state index >= 15 is 0 Å². The predicted octanol–water partition coefficient (Wildman–Crippen LogP) is 2.07. The first-order valence-corrected chi connectivity index (χ1v) is 9.64. The number of carbonyl (C=O) groups excluding carboxylic acids is 2. The number of hydrogen-bond donors (Lipinski definition) is 1. The van der Waals surface area contributed by atoms with Crippen molar-refractivity contribution in [3.8, 4) is 0 Å². The molecule has 0 aromatic heterocycles. The number of likely N-dealkylation sites (tertiary alicyclic amines) is 2. The summed E-state index contributed by atoms with van der Waals surface area (Å²) in [5.74, 6) is 1.00. The highest BCUT2D eigenvalue weighted by Gasteiger charge is 2.39. The summed E-state index contributed by atoms with van der Waals surface area (Å²) in [6, 6.07) is 0.316. The lowest BCUT2D eigenvalue weighted by molar-refractivity contribution is -0.144. The largest absolute Gasteiger partial charge is 0.342 e. The number of nitrogens with zero attached hydrogens (tertiary/aromatic N) is 2. The highest BCUT2D eigenvalue weighted by atomic mass is 16.2. The van der Waals surface area contributed by atoms with E-state index in [1.54, 1.807) is 0 Å². The van der Waals surface area contributed by atoms with Gasteiger partial charge in [0.05, 0.1) is 0 Å². The van der Waals surface area contributed by atoms with Gasteiger partial charge in [-0.15, -0.1) is 0 Å². The summed E-state index contributed by atoms with van der Waals surface area (Å²) in [6.07, 6.45) is 10.9. The molecule has 0 saturated carbocycles. The molecule has 24 heavy (non-hydrogen) atoms. The maximum Gasteiger partial charge on any atom is 0.226 e. The predicted molar refractivity (Wildman–Crippen MR) is 94.3 cm³/mol. The van der Waals surface area contributed by atoms with E-state index < -0.39 is 0 Å². The summed E-state index contributed by atoms with van der Waals surface area (Å²) in [5, 5.41) is 0. The number of amides is 2. The molecular formula is C19H31N3O2. The minimum absolute atomic E-state index is 0.275. The highest BCUT2D eigenvalue weighted by Crippen LogP contribution is 2.32. The Morgan fingerprint density at radius 3 is 2.88 bits per heavy atom. The van der Waals surface area contributed by atoms with Crippen LogP contribution < -0.4 is 5.73 Å². The lowest BCUT2D eigenvalue weighted by atomic mass is 9.83. The van der Waals surface area contributed by atoms with Crippen LogP contribution in [-0.4, -0.2) is 53.8 Å². The molecule has 2 fully saturated rings. The molecule has 2 heterocycles. The first-order valence-electron chi connectivity index (χ1n) is 9.64. The molecule has 1 aliphatic carbocycles. The van der Waals surface area contributed by atoms with Gasteiger partial charge in [0.15, 0.2) is 0 Å². The van der Waals surface area contributed by atoms with Crippen molar-refractivity contribution < 1.29 is 9.59 Å². The fourth-order valence-electron chi connectivity index (χ4n) is 4.50. The minimum atomic E-state index is 0.275. The summed E-state index contributed by atoms with van der Waals surface area (Å²) >= 11 is 0. The molecule has 0 unspecified atom stereocenters. The molecule has 5 nitrogen and oxygen atoms in total. The second kappa shape index (κ2) is 8.15. The fourth-order valence-corrected chi connectivity index (χ4v) is 4.50. The summed E-state index contributed by atoms with van der Waals surface area (Å²) in [5.41, 5.74) is 6.94. The van der Waals surface area contributed by atoms with Crippen LogP contribution in [-0.2, 0) is 9.59 Å². The third-order valence-electron chi connectivity index (χ3n) is 5.86. The van der Waals surface area contributed by atoms with Gasteiger partial charge in [-0.3, -0.25) is 9.59 Å². The Hall–Kier alpha value is -1.36. The van der Waals surface area contributed by atoms with Gasteiger partial charge in [0.2, 0.25) is 11.8 Å². The number of rotatable bonds is 5. The van der Waals surface area contributed by atoms with Gasteiger partial charge in [-0.1, -0.05) is 11.6 Å². The van der Waals surface area contributed by atoms with Gasteiger partial charge in [0, 0.05) is 38.5 Å². The molecule has 2 aliphatic heterocycles. The van der Waals surface area contributed by atoms with Crippen LogP contribution >= 0.6 is 0 Å². The molecule has 134 valence electrons. The Bertz CT molecular complexity index is 503. The summed E-state index contributed by atoms with van der Waals surface area (Å²) in [6.45, 7) is 3.01. The van der Waals surface area contributed by atoms with Gasteiger partial charge in [0.1, 0.15) is 0 Å². The van der Waals surface area contributed by atoms with Gasteiger partial charge >= 0.3 is 0 Å². The van der Waals surface area contributed by atoms with E-state index in [0.29, 0.717) is 31.3 Å². The van der Waals surface area contributed by atoms with Crippen molar-refractivity contribution >= 4 is 11.8 Å². The molecule has 2 amide bonds. The van der Waals surface area contributed by atoms with E-state index in [-0.39, 0.29) is 11.8 Å². The van der Waals surface area contributed by atoms with E-state index in [0.717, 1.165) is 51.7 Å². The Morgan fingerprint density at radius 1 is 1.25 bits per heavy atom. The topological polar surface area (TPSA) is 66.6 Å². The van der Waals surface area contributed by atoms with Crippen LogP contribution in [0.1, 0.15) is 57.8 Å². The third kappa shape index (κ3) is 4.00. The zero-order valence-corrected chi connectivity index (χ0v) is 14.7. The molecular weight excluding hydrogens is 302 g/mol. The Kier molecular flexibility index (Phi) is 5.93. The molecule has 0 aromatic carbocycles. The first-order chi connectivity index (χ1) is 11.7. The lowest BCUT2D eigenvalue weighted by Gasteiger charge is -2.47. The van der Waals surface area contributed by atoms with Gasteiger partial charge in [-0.2, -0.15) is 0 Å². The zero-order chi connectivity index (χ0) is 16.9. The first kappa shape index (κ1) is 17.5. The number of allylic oxidation sites excluding steroid dienone is 1. The summed E-state index contributed by atoms with van der Waals surface area (Å²) < 4.78 is 0. The number of hydrogen-bond acceptors (Lipinski definition) is 3. The van der Waals surface area contributed by atoms with Crippen molar-refractivity contribution in [2.45, 2.75) is 63.8 Å². The van der Waals surface area contributed by atoms with E-state index in [1.165, 1.54) is 18.4 Å². The molecule has 0 radical (unpaired) electrons. The monoisotopic (exact) mass is 333 g/mol. The molecule has 5 heteroatoms. The molecule has 0 spiro atoms. The second-order valence-corrected chi connectivity index (χ2v) is 7.51. The highest BCUT2D eigenvalue weighted by molar-refractivity contribution is 5.80. The maximum atomic E-state index is 12.6. The van der Waals surface area contributed by atoms with Crippen LogP contribution in [0, 0.1) is 5.92 Å². The SMILES string of the molecule is NCCCN1C(=O)CC[C@H]2CN(C(=O)CC3=CCCCC3)CC[C@H]21. The van der Waals surface area contributed by atoms with Crippen LogP contribution in [0.3, 0.4) is 0 Å². The average Bonchev–Trinajstić information content (AvgIpc) is 2.61. The molecule has 0 bridgehead atoms. The van der Waals surface area contributed by atoms with Gasteiger partial charge in [-0.05, 0) is 57.4 Å². The van der Waals surface area contributed by atoms with E-state index in [1.807, 2.05) is 9.80 Å². The average molecular weight is 333 g/mol. The molecule has 2 atom stereocenters. The minimum Gasteiger partial charge on any atom is -0.342 e. The van der Waals surface area contributed by atoms with Crippen LogP contribution in [0.25, 0.3) is 0 Å². The maximum absolute atomic E-state index is 12.6. The van der Waals surface area contributed by atoms with E-state index in [2.05, 4.69) is 6.08 Å². The van der Waals surface area contributed by atoms with E-state index in [9.17, 15) is 9.59 Å². The van der Waals surface area contributed by atoms with E-state index in [4.69, 9.17) is 5.73 Å². The van der Waals surface area contributed by atoms with Crippen molar-refractivity contribution in [3.05, 3.63) is 11.6 Å². The van der Waals surface area contributed by atoms with Crippen molar-refractivity contribution in [2.24, 2.45) is 11.7 Å². The number of nitrogens with two attached hydrogens (primary N) is 1. The zero-order valence-electron chi connectivity index (χ0n) is 14.7. The molecule has 3 rings (SSSR count).